The van der Waals surface area contributed by atoms with Crippen molar-refractivity contribution in [3.63, 3.8) is 0 Å². The van der Waals surface area contributed by atoms with Crippen molar-refractivity contribution in [2.45, 2.75) is 10.9 Å². The maximum Gasteiger partial charge on any atom is 0.343 e. The highest BCUT2D eigenvalue weighted by molar-refractivity contribution is 8.01. The van der Waals surface area contributed by atoms with Crippen molar-refractivity contribution in [3.05, 3.63) is 0 Å². The van der Waals surface area contributed by atoms with Gasteiger partial charge in [-0.25, -0.2) is 9.59 Å². The Morgan fingerprint density at radius 3 is 2.08 bits per heavy atom. The van der Waals surface area contributed by atoms with E-state index >= 15 is 0 Å². The van der Waals surface area contributed by atoms with Gasteiger partial charge in [0.25, 0.3) is 0 Å². The predicted molar refractivity (Wildman–Crippen MR) is 39.7 cm³/mol. The third-order valence-corrected chi connectivity index (χ3v) is 1.98. The number of carbonyl (C=O) groups is 2. The second kappa shape index (κ2) is 4.96. The van der Waals surface area contributed by atoms with Crippen molar-refractivity contribution in [1.29, 1.82) is 0 Å². The summed E-state index contributed by atoms with van der Waals surface area (Å²) < 4.78 is 4.37. The molecule has 2 atom stereocenters. The zero-order valence-corrected chi connectivity index (χ0v) is 6.95. The molecular formula is C5H8O6S. The molecule has 0 aliphatic carbocycles. The van der Waals surface area contributed by atoms with Gasteiger partial charge in [0.15, 0.2) is 0 Å². The van der Waals surface area contributed by atoms with E-state index in [-0.39, 0.29) is 0 Å². The van der Waals surface area contributed by atoms with Crippen molar-refractivity contribution in [3.8, 4) is 0 Å². The molecule has 0 aliphatic heterocycles. The fourth-order valence-corrected chi connectivity index (χ4v) is 0.968. The quantitative estimate of drug-likeness (QED) is 0.493. The van der Waals surface area contributed by atoms with E-state index in [1.807, 2.05) is 0 Å². The molecule has 0 heterocycles. The topological polar surface area (TPSA) is 104 Å². The van der Waals surface area contributed by atoms with Crippen LogP contribution in [0.4, 0.5) is 0 Å². The van der Waals surface area contributed by atoms with Crippen molar-refractivity contribution >= 4 is 23.7 Å². The summed E-state index contributed by atoms with van der Waals surface area (Å²) in [5.41, 5.74) is -3.15. The number of rotatable bonds is 5. The van der Waals surface area contributed by atoms with Crippen LogP contribution in [0.25, 0.3) is 0 Å². The van der Waals surface area contributed by atoms with E-state index in [1.54, 1.807) is 0 Å². The Bertz CT molecular complexity index is 181. The Kier molecular flexibility index (Phi) is 4.64. The van der Waals surface area contributed by atoms with Crippen LogP contribution in [0.3, 0.4) is 0 Å². The van der Waals surface area contributed by atoms with Crippen molar-refractivity contribution in [2.75, 3.05) is 7.11 Å². The number of aliphatic carboxylic acids is 2. The highest BCUT2D eigenvalue weighted by atomic mass is 32.2. The first-order valence-corrected chi connectivity index (χ1v) is 3.75. The van der Waals surface area contributed by atoms with Crippen LogP contribution in [-0.4, -0.2) is 45.2 Å². The lowest BCUT2D eigenvalue weighted by molar-refractivity contribution is -0.143. The molecule has 0 aromatic carbocycles. The SMILES string of the molecule is COC(SC(O)C(=O)O)C(=O)O. The summed E-state index contributed by atoms with van der Waals surface area (Å²) in [7, 11) is 1.11. The molecule has 6 nitrogen and oxygen atoms in total. The molecule has 0 saturated carbocycles. The van der Waals surface area contributed by atoms with Crippen molar-refractivity contribution in [1.82, 2.24) is 0 Å². The van der Waals surface area contributed by atoms with Gasteiger partial charge >= 0.3 is 11.9 Å². The number of hydrogen-bond donors (Lipinski definition) is 3. The summed E-state index contributed by atoms with van der Waals surface area (Å²) in [4.78, 5) is 20.3. The zero-order chi connectivity index (χ0) is 9.72. The van der Waals surface area contributed by atoms with Crippen LogP contribution in [0.1, 0.15) is 0 Å². The minimum absolute atomic E-state index is 0.295. The highest BCUT2D eigenvalue weighted by Gasteiger charge is 2.25. The first-order valence-electron chi connectivity index (χ1n) is 2.81. The molecule has 3 N–H and O–H groups in total. The molecule has 0 fully saturated rings. The smallest absolute Gasteiger partial charge is 0.343 e. The van der Waals surface area contributed by atoms with Crippen LogP contribution >= 0.6 is 11.8 Å². The molecule has 0 aromatic heterocycles. The fraction of sp³-hybridized carbons (Fsp3) is 0.600. The number of hydrogen-bond acceptors (Lipinski definition) is 5. The monoisotopic (exact) mass is 196 g/mol. The standard InChI is InChI=1S/C5H8O6S/c1-11-5(3(8)9)12-4(10)2(6)7/h4-5,10H,1H3,(H,6,7)(H,8,9). The minimum Gasteiger partial charge on any atom is -0.479 e. The number of aliphatic hydroxyl groups excluding tert-OH is 1. The molecule has 0 aliphatic rings. The summed E-state index contributed by atoms with van der Waals surface area (Å²) in [6.07, 6.45) is 0. The molecule has 70 valence electrons. The number of carboxylic acid groups (broad SMARTS) is 2. The largest absolute Gasteiger partial charge is 0.479 e. The number of ether oxygens (including phenoxy) is 1. The van der Waals surface area contributed by atoms with Crippen LogP contribution in [-0.2, 0) is 14.3 Å². The van der Waals surface area contributed by atoms with E-state index in [2.05, 4.69) is 4.74 Å². The second-order valence-electron chi connectivity index (χ2n) is 1.73. The Morgan fingerprint density at radius 1 is 1.33 bits per heavy atom. The molecule has 0 amide bonds. The van der Waals surface area contributed by atoms with Gasteiger partial charge in [-0.05, 0) is 0 Å². The third kappa shape index (κ3) is 3.56. The van der Waals surface area contributed by atoms with Gasteiger partial charge in [-0.15, -0.1) is 0 Å². The predicted octanol–water partition coefficient (Wildman–Crippen LogP) is -0.820. The lowest BCUT2D eigenvalue weighted by atomic mass is 10.7. The van der Waals surface area contributed by atoms with Gasteiger partial charge in [-0.2, -0.15) is 0 Å². The number of methoxy groups -OCH3 is 1. The first-order chi connectivity index (χ1) is 5.49. The normalized spacial score (nSPS) is 15.2. The van der Waals surface area contributed by atoms with Crippen LogP contribution < -0.4 is 0 Å². The Hall–Kier alpha value is -0.790. The molecule has 7 heteroatoms. The molecule has 2 unspecified atom stereocenters. The van der Waals surface area contributed by atoms with Gasteiger partial charge in [0, 0.05) is 7.11 Å². The lowest BCUT2D eigenvalue weighted by Gasteiger charge is -2.11. The van der Waals surface area contributed by atoms with Gasteiger partial charge in [-0.3, -0.25) is 0 Å². The summed E-state index contributed by atoms with van der Waals surface area (Å²) in [6, 6.07) is 0. The average molecular weight is 196 g/mol. The Balaban J connectivity index is 4.02. The van der Waals surface area contributed by atoms with Crippen LogP contribution in [0.15, 0.2) is 0 Å². The second-order valence-corrected chi connectivity index (χ2v) is 2.88. The summed E-state index contributed by atoms with van der Waals surface area (Å²) in [6.45, 7) is 0. The van der Waals surface area contributed by atoms with E-state index in [9.17, 15) is 9.59 Å². The van der Waals surface area contributed by atoms with Crippen LogP contribution in [0.5, 0.6) is 0 Å². The molecule has 0 saturated heterocycles. The van der Waals surface area contributed by atoms with Crippen LogP contribution in [0.2, 0.25) is 0 Å². The highest BCUT2D eigenvalue weighted by Crippen LogP contribution is 2.16. The van der Waals surface area contributed by atoms with Gasteiger partial charge in [-0.1, -0.05) is 11.8 Å². The van der Waals surface area contributed by atoms with Crippen LogP contribution in [0, 0.1) is 0 Å². The summed E-state index contributed by atoms with van der Waals surface area (Å²) in [5, 5.41) is 25.2. The number of thioether (sulfide) groups is 1. The summed E-state index contributed by atoms with van der Waals surface area (Å²) >= 11 is 0.295. The maximum atomic E-state index is 10.2. The Labute approximate surface area is 72.1 Å². The van der Waals surface area contributed by atoms with Crippen molar-refractivity contribution in [2.24, 2.45) is 0 Å². The van der Waals surface area contributed by atoms with E-state index < -0.39 is 22.8 Å². The molecule has 0 rings (SSSR count). The lowest BCUT2D eigenvalue weighted by Crippen LogP contribution is -2.25. The van der Waals surface area contributed by atoms with Crippen molar-refractivity contribution < 1.29 is 29.6 Å². The van der Waals surface area contributed by atoms with E-state index in [1.165, 1.54) is 0 Å². The molecule has 0 aromatic rings. The number of carboxylic acids is 2. The molecule has 0 bridgehead atoms. The third-order valence-electron chi connectivity index (χ3n) is 0.879. The molecular weight excluding hydrogens is 188 g/mol. The zero-order valence-electron chi connectivity index (χ0n) is 6.13. The molecule has 0 spiro atoms. The average Bonchev–Trinajstić information content (AvgIpc) is 1.98. The van der Waals surface area contributed by atoms with E-state index in [0.29, 0.717) is 11.8 Å². The van der Waals surface area contributed by atoms with E-state index in [4.69, 9.17) is 15.3 Å². The maximum absolute atomic E-state index is 10.2. The molecule has 12 heavy (non-hydrogen) atoms. The minimum atomic E-state index is -1.79. The summed E-state index contributed by atoms with van der Waals surface area (Å²) in [5.74, 6) is -2.83. The van der Waals surface area contributed by atoms with Gasteiger partial charge in [0.05, 0.1) is 0 Å². The van der Waals surface area contributed by atoms with E-state index in [0.717, 1.165) is 7.11 Å². The van der Waals surface area contributed by atoms with Gasteiger partial charge in [0.2, 0.25) is 10.9 Å². The van der Waals surface area contributed by atoms with Gasteiger partial charge < -0.3 is 20.1 Å². The number of aliphatic hydroxyl groups is 1. The van der Waals surface area contributed by atoms with Gasteiger partial charge in [0.1, 0.15) is 0 Å². The first kappa shape index (κ1) is 11.2. The Morgan fingerprint density at radius 2 is 1.83 bits per heavy atom. The fourth-order valence-electron chi connectivity index (χ4n) is 0.390. The molecule has 0 radical (unpaired) electrons.